The zero-order valence-corrected chi connectivity index (χ0v) is 18.1. The molecule has 6 nitrogen and oxygen atoms in total. The van der Waals surface area contributed by atoms with Crippen LogP contribution in [-0.4, -0.2) is 13.0 Å². The largest absolute Gasteiger partial charge is 0.497 e. The van der Waals surface area contributed by atoms with Gasteiger partial charge in [0.2, 0.25) is 5.91 Å². The van der Waals surface area contributed by atoms with Crippen molar-refractivity contribution >= 4 is 27.8 Å². The third kappa shape index (κ3) is 4.06. The molecule has 2 heterocycles. The number of carbonyl (C=O) groups excluding carboxylic acids is 1. The van der Waals surface area contributed by atoms with Crippen LogP contribution in [0.25, 0.3) is 21.9 Å². The number of furan rings is 1. The van der Waals surface area contributed by atoms with Crippen molar-refractivity contribution in [3.05, 3.63) is 74.8 Å². The van der Waals surface area contributed by atoms with E-state index in [9.17, 15) is 9.59 Å². The molecule has 0 bridgehead atoms. The molecular formula is C25H25NO5. The number of benzene rings is 2. The number of nitrogens with one attached hydrogen (secondary N) is 1. The number of aryl methyl sites for hydroxylation is 3. The maximum atomic E-state index is 12.6. The number of amides is 1. The van der Waals surface area contributed by atoms with Crippen molar-refractivity contribution in [2.24, 2.45) is 0 Å². The molecule has 2 aromatic carbocycles. The monoisotopic (exact) mass is 419 g/mol. The number of hydrogen-bond donors (Lipinski definition) is 1. The van der Waals surface area contributed by atoms with Gasteiger partial charge in [-0.15, -0.1) is 0 Å². The second-order valence-corrected chi connectivity index (χ2v) is 7.75. The van der Waals surface area contributed by atoms with Gasteiger partial charge in [0.25, 0.3) is 0 Å². The third-order valence-corrected chi connectivity index (χ3v) is 5.81. The lowest BCUT2D eigenvalue weighted by molar-refractivity contribution is -0.121. The van der Waals surface area contributed by atoms with Crippen LogP contribution >= 0.6 is 0 Å². The summed E-state index contributed by atoms with van der Waals surface area (Å²) < 4.78 is 16.5. The van der Waals surface area contributed by atoms with Gasteiger partial charge in [-0.1, -0.05) is 12.1 Å². The molecule has 1 amide bonds. The fourth-order valence-corrected chi connectivity index (χ4v) is 3.82. The van der Waals surface area contributed by atoms with Crippen molar-refractivity contribution in [2.75, 3.05) is 7.11 Å². The van der Waals surface area contributed by atoms with E-state index in [-0.39, 0.29) is 12.3 Å². The van der Waals surface area contributed by atoms with Gasteiger partial charge >= 0.3 is 5.63 Å². The van der Waals surface area contributed by atoms with Crippen molar-refractivity contribution in [3.8, 4) is 5.75 Å². The van der Waals surface area contributed by atoms with Crippen molar-refractivity contribution in [3.63, 3.8) is 0 Å². The summed E-state index contributed by atoms with van der Waals surface area (Å²) in [6, 6.07) is 11.3. The van der Waals surface area contributed by atoms with E-state index in [4.69, 9.17) is 13.6 Å². The van der Waals surface area contributed by atoms with Gasteiger partial charge in [0.15, 0.2) is 0 Å². The van der Waals surface area contributed by atoms with E-state index in [1.165, 1.54) is 0 Å². The molecule has 4 rings (SSSR count). The summed E-state index contributed by atoms with van der Waals surface area (Å²) in [7, 11) is 1.61. The highest BCUT2D eigenvalue weighted by atomic mass is 16.5. The predicted molar refractivity (Wildman–Crippen MR) is 120 cm³/mol. The number of methoxy groups -OCH3 is 1. The first-order chi connectivity index (χ1) is 14.9. The van der Waals surface area contributed by atoms with Crippen molar-refractivity contribution in [2.45, 2.75) is 40.2 Å². The van der Waals surface area contributed by atoms with E-state index in [1.807, 2.05) is 51.1 Å². The Kier molecular flexibility index (Phi) is 5.55. The average molecular weight is 419 g/mol. The molecule has 160 valence electrons. The maximum Gasteiger partial charge on any atom is 0.339 e. The van der Waals surface area contributed by atoms with Crippen LogP contribution in [0.5, 0.6) is 5.75 Å². The lowest BCUT2D eigenvalue weighted by atomic mass is 10.0. The Morgan fingerprint density at radius 3 is 2.52 bits per heavy atom. The fraction of sp³-hybridized carbons (Fsp3) is 0.280. The first-order valence-electron chi connectivity index (χ1n) is 10.2. The normalized spacial score (nSPS) is 11.2. The average Bonchev–Trinajstić information content (AvgIpc) is 3.04. The van der Waals surface area contributed by atoms with Gasteiger partial charge in [0.1, 0.15) is 22.7 Å². The summed E-state index contributed by atoms with van der Waals surface area (Å²) in [4.78, 5) is 24.9. The number of hydrogen-bond acceptors (Lipinski definition) is 5. The fourth-order valence-electron chi connectivity index (χ4n) is 3.82. The van der Waals surface area contributed by atoms with E-state index in [0.717, 1.165) is 39.0 Å². The van der Waals surface area contributed by atoms with E-state index < -0.39 is 5.63 Å². The number of ether oxygens (including phenoxy) is 1. The van der Waals surface area contributed by atoms with Crippen LogP contribution in [0.15, 0.2) is 50.0 Å². The Morgan fingerprint density at radius 1 is 1.00 bits per heavy atom. The SMILES string of the molecule is COc1cccc(CNC(=O)CCc2c(C)c3cc4c(C)c(C)oc4cc3oc2=O)c1. The van der Waals surface area contributed by atoms with Crippen LogP contribution in [0.4, 0.5) is 0 Å². The van der Waals surface area contributed by atoms with Gasteiger partial charge in [-0.2, -0.15) is 0 Å². The lowest BCUT2D eigenvalue weighted by Crippen LogP contribution is -2.24. The predicted octanol–water partition coefficient (Wildman–Crippen LogP) is 4.72. The van der Waals surface area contributed by atoms with Gasteiger partial charge in [-0.3, -0.25) is 4.79 Å². The lowest BCUT2D eigenvalue weighted by Gasteiger charge is -2.09. The summed E-state index contributed by atoms with van der Waals surface area (Å²) >= 11 is 0. The van der Waals surface area contributed by atoms with Gasteiger partial charge in [-0.05, 0) is 62.1 Å². The van der Waals surface area contributed by atoms with E-state index in [2.05, 4.69) is 5.32 Å². The smallest absolute Gasteiger partial charge is 0.339 e. The molecule has 0 saturated carbocycles. The first kappa shape index (κ1) is 20.7. The minimum absolute atomic E-state index is 0.126. The van der Waals surface area contributed by atoms with Crippen molar-refractivity contribution in [1.29, 1.82) is 0 Å². The van der Waals surface area contributed by atoms with Gasteiger partial charge in [-0.25, -0.2) is 4.79 Å². The van der Waals surface area contributed by atoms with Crippen molar-refractivity contribution in [1.82, 2.24) is 5.32 Å². The Hall–Kier alpha value is -3.54. The highest BCUT2D eigenvalue weighted by Crippen LogP contribution is 2.31. The zero-order chi connectivity index (χ0) is 22.1. The van der Waals surface area contributed by atoms with E-state index >= 15 is 0 Å². The number of rotatable bonds is 6. The zero-order valence-electron chi connectivity index (χ0n) is 18.1. The maximum absolute atomic E-state index is 12.6. The molecule has 0 radical (unpaired) electrons. The molecule has 0 aliphatic carbocycles. The molecular weight excluding hydrogens is 394 g/mol. The molecule has 0 aliphatic rings. The van der Waals surface area contributed by atoms with Gasteiger partial charge in [0, 0.05) is 35.4 Å². The second-order valence-electron chi connectivity index (χ2n) is 7.75. The van der Waals surface area contributed by atoms with Crippen LogP contribution in [0.1, 0.15) is 34.4 Å². The highest BCUT2D eigenvalue weighted by Gasteiger charge is 2.16. The molecule has 0 spiro atoms. The van der Waals surface area contributed by atoms with Crippen LogP contribution in [0, 0.1) is 20.8 Å². The van der Waals surface area contributed by atoms with Gasteiger partial charge < -0.3 is 18.9 Å². The molecule has 31 heavy (non-hydrogen) atoms. The molecule has 0 aliphatic heterocycles. The molecule has 6 heteroatoms. The molecule has 0 atom stereocenters. The van der Waals surface area contributed by atoms with Crippen LogP contribution in [0.3, 0.4) is 0 Å². The molecule has 4 aromatic rings. The summed E-state index contributed by atoms with van der Waals surface area (Å²) in [5.41, 5.74) is 4.17. The molecule has 0 saturated heterocycles. The van der Waals surface area contributed by atoms with Crippen LogP contribution in [-0.2, 0) is 17.8 Å². The van der Waals surface area contributed by atoms with Crippen LogP contribution in [0.2, 0.25) is 0 Å². The van der Waals surface area contributed by atoms with Crippen LogP contribution < -0.4 is 15.7 Å². The standard InChI is InChI=1S/C25H25NO5/c1-14-16(3)30-22-12-23-21(11-20(14)22)15(2)19(25(28)31-23)8-9-24(27)26-13-17-6-5-7-18(10-17)29-4/h5-7,10-12H,8-9,13H2,1-4H3,(H,26,27). The Labute approximate surface area is 179 Å². The Morgan fingerprint density at radius 2 is 1.74 bits per heavy atom. The summed E-state index contributed by atoms with van der Waals surface area (Å²) in [5, 5.41) is 4.76. The highest BCUT2D eigenvalue weighted by molar-refractivity contribution is 5.96. The Balaban J connectivity index is 1.52. The molecule has 1 N–H and O–H groups in total. The minimum atomic E-state index is -0.412. The Bertz CT molecular complexity index is 1350. The summed E-state index contributed by atoms with van der Waals surface area (Å²) in [6.07, 6.45) is 0.517. The number of carbonyl (C=O) groups is 1. The minimum Gasteiger partial charge on any atom is -0.497 e. The molecule has 0 fully saturated rings. The van der Waals surface area contributed by atoms with E-state index in [0.29, 0.717) is 29.7 Å². The number of fused-ring (bicyclic) bond motifs is 2. The molecule has 0 unspecified atom stereocenters. The third-order valence-electron chi connectivity index (χ3n) is 5.81. The van der Waals surface area contributed by atoms with Gasteiger partial charge in [0.05, 0.1) is 7.11 Å². The van der Waals surface area contributed by atoms with E-state index in [1.54, 1.807) is 13.2 Å². The molecule has 2 aromatic heterocycles. The van der Waals surface area contributed by atoms with Crippen molar-refractivity contribution < 1.29 is 18.4 Å². The first-order valence-corrected chi connectivity index (χ1v) is 10.2. The summed E-state index contributed by atoms with van der Waals surface area (Å²) in [5.74, 6) is 1.46. The quantitative estimate of drug-likeness (QED) is 0.457. The summed E-state index contributed by atoms with van der Waals surface area (Å²) in [6.45, 7) is 6.23. The second kappa shape index (κ2) is 8.30. The topological polar surface area (TPSA) is 81.7 Å².